The zero-order valence-electron chi connectivity index (χ0n) is 20.5. The molecule has 0 bridgehead atoms. The zero-order valence-corrected chi connectivity index (χ0v) is 22.0. The number of fused-ring (bicyclic) bond motifs is 1. The maximum atomic E-state index is 14.0. The molecule has 1 aliphatic heterocycles. The number of amides is 2. The molecule has 0 saturated heterocycles. The molecule has 7 nitrogen and oxygen atoms in total. The molecule has 5 rings (SSSR count). The van der Waals surface area contributed by atoms with E-state index < -0.39 is 0 Å². The number of hydrogen-bond acceptors (Lipinski definition) is 5. The number of carbonyl (C=O) groups excluding carboxylic acids is 1. The van der Waals surface area contributed by atoms with E-state index in [1.807, 2.05) is 62.6 Å². The van der Waals surface area contributed by atoms with Crippen LogP contribution in [0.5, 0.6) is 0 Å². The highest BCUT2D eigenvalue weighted by atomic mass is 35.5. The molecule has 0 aliphatic carbocycles. The van der Waals surface area contributed by atoms with E-state index in [1.54, 1.807) is 34.2 Å². The Morgan fingerprint density at radius 1 is 1.00 bits per heavy atom. The minimum Gasteiger partial charge on any atom is -0.324 e. The summed E-state index contributed by atoms with van der Waals surface area (Å²) in [5, 5.41) is 4.13. The summed E-state index contributed by atoms with van der Waals surface area (Å²) < 4.78 is 0. The predicted molar refractivity (Wildman–Crippen MR) is 151 cm³/mol. The number of urea groups is 1. The lowest BCUT2D eigenvalue weighted by molar-refractivity contribution is 0.252. The van der Waals surface area contributed by atoms with Crippen molar-refractivity contribution in [2.45, 2.75) is 13.0 Å². The van der Waals surface area contributed by atoms with Gasteiger partial charge in [0.05, 0.1) is 22.9 Å². The highest BCUT2D eigenvalue weighted by molar-refractivity contribution is 6.37. The first kappa shape index (κ1) is 25.0. The van der Waals surface area contributed by atoms with Crippen LogP contribution in [0.25, 0.3) is 0 Å². The Hall–Kier alpha value is -3.65. The second kappa shape index (κ2) is 10.8. The maximum absolute atomic E-state index is 14.0. The van der Waals surface area contributed by atoms with E-state index in [4.69, 9.17) is 28.2 Å². The van der Waals surface area contributed by atoms with Gasteiger partial charge in [0.2, 0.25) is 5.95 Å². The highest BCUT2D eigenvalue weighted by Crippen LogP contribution is 2.39. The van der Waals surface area contributed by atoms with E-state index >= 15 is 0 Å². The van der Waals surface area contributed by atoms with Crippen LogP contribution in [0, 0.1) is 0 Å². The summed E-state index contributed by atoms with van der Waals surface area (Å²) in [4.78, 5) is 28.7. The number of nitrogens with one attached hydrogen (secondary N) is 1. The number of nitrogens with zero attached hydrogens (tertiary/aromatic N) is 5. The number of para-hydroxylation sites is 1. The predicted octanol–water partition coefficient (Wildman–Crippen LogP) is 6.91. The van der Waals surface area contributed by atoms with Gasteiger partial charge in [-0.1, -0.05) is 53.5 Å². The third-order valence-electron chi connectivity index (χ3n) is 6.05. The van der Waals surface area contributed by atoms with Gasteiger partial charge < -0.3 is 10.2 Å². The number of halogens is 2. The summed E-state index contributed by atoms with van der Waals surface area (Å²) in [5.41, 5.74) is 4.07. The summed E-state index contributed by atoms with van der Waals surface area (Å²) in [6.45, 7) is 1.17. The van der Waals surface area contributed by atoms with Gasteiger partial charge in [-0.3, -0.25) is 4.90 Å². The topological polar surface area (TPSA) is 64.6 Å². The Morgan fingerprint density at radius 3 is 2.57 bits per heavy atom. The normalized spacial score (nSPS) is 13.2. The molecule has 0 atom stereocenters. The molecule has 1 N–H and O–H groups in total. The van der Waals surface area contributed by atoms with Crippen LogP contribution >= 0.6 is 23.2 Å². The summed E-state index contributed by atoms with van der Waals surface area (Å²) in [6, 6.07) is 22.5. The molecule has 188 valence electrons. The van der Waals surface area contributed by atoms with Gasteiger partial charge >= 0.3 is 6.03 Å². The summed E-state index contributed by atoms with van der Waals surface area (Å²) in [5.74, 6) is 0.939. The van der Waals surface area contributed by atoms with Crippen LogP contribution in [0.4, 0.5) is 33.6 Å². The molecule has 2 heterocycles. The van der Waals surface area contributed by atoms with Gasteiger partial charge in [-0.2, -0.15) is 4.98 Å². The van der Waals surface area contributed by atoms with Crippen molar-refractivity contribution in [3.05, 3.63) is 100 Å². The number of anilines is 5. The fraction of sp³-hybridized carbons (Fsp3) is 0.179. The fourth-order valence-electron chi connectivity index (χ4n) is 4.19. The van der Waals surface area contributed by atoms with Gasteiger partial charge in [-0.05, 0) is 68.5 Å². The van der Waals surface area contributed by atoms with E-state index in [9.17, 15) is 4.79 Å². The Bertz CT molecular complexity index is 1430. The first-order valence-corrected chi connectivity index (χ1v) is 12.6. The fourth-order valence-corrected chi connectivity index (χ4v) is 4.70. The molecule has 1 aliphatic rings. The smallest absolute Gasteiger partial charge is 0.324 e. The lowest BCUT2D eigenvalue weighted by Crippen LogP contribution is -2.45. The number of aromatic nitrogens is 2. The minimum absolute atomic E-state index is 0.258. The van der Waals surface area contributed by atoms with Crippen molar-refractivity contribution >= 4 is 58.1 Å². The van der Waals surface area contributed by atoms with Gasteiger partial charge in [0.25, 0.3) is 0 Å². The first-order valence-electron chi connectivity index (χ1n) is 11.9. The van der Waals surface area contributed by atoms with Gasteiger partial charge in [-0.25, -0.2) is 14.7 Å². The van der Waals surface area contributed by atoms with Crippen LogP contribution in [0.2, 0.25) is 10.0 Å². The number of benzene rings is 3. The highest BCUT2D eigenvalue weighted by Gasteiger charge is 2.35. The lowest BCUT2D eigenvalue weighted by Gasteiger charge is -2.36. The standard InChI is InChI=1S/C28H26Cl2N6O/c1-34(2)14-13-19-7-6-10-23(15-19)36-26-20(17-31-27(33-26)32-22-8-4-3-5-9-22)18-35(28(36)37)25-12-11-21(29)16-24(25)30/h3-12,15-17H,13-14,18H2,1-2H3,(H,31,32,33). The molecular weight excluding hydrogens is 507 g/mol. The van der Waals surface area contributed by atoms with Crippen molar-refractivity contribution < 1.29 is 4.79 Å². The summed E-state index contributed by atoms with van der Waals surface area (Å²) >= 11 is 12.6. The monoisotopic (exact) mass is 532 g/mol. The second-order valence-electron chi connectivity index (χ2n) is 9.06. The van der Waals surface area contributed by atoms with E-state index in [2.05, 4.69) is 21.3 Å². The first-order chi connectivity index (χ1) is 17.9. The van der Waals surface area contributed by atoms with Crippen molar-refractivity contribution in [2.24, 2.45) is 0 Å². The van der Waals surface area contributed by atoms with E-state index in [0.717, 1.165) is 35.5 Å². The van der Waals surface area contributed by atoms with Crippen LogP contribution in [-0.4, -0.2) is 41.5 Å². The van der Waals surface area contributed by atoms with E-state index in [0.29, 0.717) is 27.5 Å². The molecule has 3 aromatic carbocycles. The molecule has 0 radical (unpaired) electrons. The Labute approximate surface area is 226 Å². The molecule has 9 heteroatoms. The van der Waals surface area contributed by atoms with E-state index in [1.165, 1.54) is 0 Å². The van der Waals surface area contributed by atoms with Crippen LogP contribution in [-0.2, 0) is 13.0 Å². The van der Waals surface area contributed by atoms with Gasteiger partial charge in [-0.15, -0.1) is 0 Å². The molecular formula is C28H26Cl2N6O. The number of carbonyl (C=O) groups is 1. The number of hydrogen-bond donors (Lipinski definition) is 1. The molecule has 1 aromatic heterocycles. The zero-order chi connectivity index (χ0) is 25.9. The lowest BCUT2D eigenvalue weighted by atomic mass is 10.1. The van der Waals surface area contributed by atoms with Crippen molar-refractivity contribution in [2.75, 3.05) is 35.8 Å². The minimum atomic E-state index is -0.258. The van der Waals surface area contributed by atoms with Crippen molar-refractivity contribution in [1.82, 2.24) is 14.9 Å². The van der Waals surface area contributed by atoms with Crippen LogP contribution in [0.3, 0.4) is 0 Å². The number of likely N-dealkylation sites (N-methyl/N-ethyl adjacent to an activating group) is 1. The van der Waals surface area contributed by atoms with Gasteiger partial charge in [0, 0.05) is 29.0 Å². The maximum Gasteiger partial charge on any atom is 0.335 e. The molecule has 0 saturated carbocycles. The molecule has 0 spiro atoms. The third-order valence-corrected chi connectivity index (χ3v) is 6.59. The molecule has 0 fully saturated rings. The van der Waals surface area contributed by atoms with Crippen LogP contribution in [0.1, 0.15) is 11.1 Å². The third kappa shape index (κ3) is 5.54. The molecule has 37 heavy (non-hydrogen) atoms. The molecule has 2 amide bonds. The number of rotatable bonds is 7. The van der Waals surface area contributed by atoms with Crippen molar-refractivity contribution in [1.29, 1.82) is 0 Å². The van der Waals surface area contributed by atoms with Gasteiger partial charge in [0.1, 0.15) is 0 Å². The van der Waals surface area contributed by atoms with E-state index in [-0.39, 0.29) is 12.6 Å². The Balaban J connectivity index is 1.58. The molecule has 0 unspecified atom stereocenters. The quantitative estimate of drug-likeness (QED) is 0.280. The summed E-state index contributed by atoms with van der Waals surface area (Å²) in [7, 11) is 4.08. The summed E-state index contributed by atoms with van der Waals surface area (Å²) in [6.07, 6.45) is 2.60. The van der Waals surface area contributed by atoms with Gasteiger partial charge in [0.15, 0.2) is 5.82 Å². The van der Waals surface area contributed by atoms with Crippen molar-refractivity contribution in [3.63, 3.8) is 0 Å². The Morgan fingerprint density at radius 2 is 1.81 bits per heavy atom. The van der Waals surface area contributed by atoms with Crippen LogP contribution in [0.15, 0.2) is 79.0 Å². The average Bonchev–Trinajstić information content (AvgIpc) is 2.88. The second-order valence-corrected chi connectivity index (χ2v) is 9.90. The Kier molecular flexibility index (Phi) is 7.28. The largest absolute Gasteiger partial charge is 0.335 e. The average molecular weight is 533 g/mol. The molecule has 4 aromatic rings. The van der Waals surface area contributed by atoms with Crippen LogP contribution < -0.4 is 15.1 Å². The SMILES string of the molecule is CN(C)CCc1cccc(N2C(=O)N(c3ccc(Cl)cc3Cl)Cc3cnc(Nc4ccccc4)nc32)c1. The van der Waals surface area contributed by atoms with Crippen molar-refractivity contribution in [3.8, 4) is 0 Å².